The van der Waals surface area contributed by atoms with E-state index in [1.54, 1.807) is 19.9 Å². The molecule has 0 aliphatic carbocycles. The topological polar surface area (TPSA) is 75.6 Å². The highest BCUT2D eigenvalue weighted by Crippen LogP contribution is 2.36. The second kappa shape index (κ2) is 8.15. The van der Waals surface area contributed by atoms with Crippen LogP contribution < -0.4 is 5.32 Å². The van der Waals surface area contributed by atoms with E-state index in [-0.39, 0.29) is 17.5 Å². The molecule has 2 rings (SSSR count). The lowest BCUT2D eigenvalue weighted by atomic mass is 9.82. The number of benzene rings is 1. The number of halogens is 2. The Morgan fingerprint density at radius 1 is 1.40 bits per heavy atom. The van der Waals surface area contributed by atoms with Gasteiger partial charge in [-0.3, -0.25) is 9.59 Å². The first-order valence-electron chi connectivity index (χ1n) is 8.42. The average Bonchev–Trinajstić information content (AvgIpc) is 3.08. The smallest absolute Gasteiger partial charge is 0.311 e. The van der Waals surface area contributed by atoms with Crippen LogP contribution in [0.1, 0.15) is 44.8 Å². The molecule has 2 N–H and O–H groups in total. The van der Waals surface area contributed by atoms with E-state index in [0.717, 1.165) is 0 Å². The molecule has 1 heterocycles. The lowest BCUT2D eigenvalue weighted by molar-refractivity contribution is -0.149. The maximum atomic E-state index is 13.7. The molecule has 25 heavy (non-hydrogen) atoms. The molecule has 0 aromatic heterocycles. The minimum absolute atomic E-state index is 0.0138. The molecule has 7 heteroatoms. The van der Waals surface area contributed by atoms with Crippen molar-refractivity contribution >= 4 is 23.5 Å². The van der Waals surface area contributed by atoms with Crippen LogP contribution in [-0.2, 0) is 14.3 Å². The van der Waals surface area contributed by atoms with Gasteiger partial charge >= 0.3 is 5.97 Å². The summed E-state index contributed by atoms with van der Waals surface area (Å²) in [7, 11) is 0. The first kappa shape index (κ1) is 19.7. The van der Waals surface area contributed by atoms with E-state index in [0.29, 0.717) is 31.4 Å². The van der Waals surface area contributed by atoms with Crippen LogP contribution in [0.4, 0.5) is 4.39 Å². The standard InChI is InChI=1S/C18H23ClFNO4/c1-3-18(4-2,17(23)24)10-21-16(22)12-7-8-25-15(12)11-5-6-13(19)14(20)9-11/h5-6,9,12,15H,3-4,7-8,10H2,1-2H3,(H,21,22)(H,23,24)/t12-,15+/m1/s1. The quantitative estimate of drug-likeness (QED) is 0.768. The van der Waals surface area contributed by atoms with Gasteiger partial charge in [0.1, 0.15) is 5.82 Å². The molecule has 1 aliphatic heterocycles. The van der Waals surface area contributed by atoms with Gasteiger partial charge in [0.25, 0.3) is 0 Å². The molecular formula is C18H23ClFNO4. The van der Waals surface area contributed by atoms with Crippen LogP contribution in [0.15, 0.2) is 18.2 Å². The molecule has 138 valence electrons. The number of hydrogen-bond acceptors (Lipinski definition) is 3. The Balaban J connectivity index is 2.10. The molecule has 0 spiro atoms. The van der Waals surface area contributed by atoms with E-state index in [2.05, 4.69) is 5.32 Å². The summed E-state index contributed by atoms with van der Waals surface area (Å²) in [5.41, 5.74) is -0.424. The summed E-state index contributed by atoms with van der Waals surface area (Å²) in [6.07, 6.45) is 0.784. The van der Waals surface area contributed by atoms with Crippen LogP contribution in [0, 0.1) is 17.2 Å². The van der Waals surface area contributed by atoms with Crippen molar-refractivity contribution in [1.29, 1.82) is 0 Å². The Hall–Kier alpha value is -1.66. The fraction of sp³-hybridized carbons (Fsp3) is 0.556. The second-order valence-corrected chi connectivity index (χ2v) is 6.78. The summed E-state index contributed by atoms with van der Waals surface area (Å²) in [4.78, 5) is 24.1. The van der Waals surface area contributed by atoms with Crippen molar-refractivity contribution in [3.63, 3.8) is 0 Å². The highest BCUT2D eigenvalue weighted by molar-refractivity contribution is 6.30. The third-order valence-electron chi connectivity index (χ3n) is 5.11. The SMILES string of the molecule is CCC(CC)(CNC(=O)[C@@H]1CCO[C@H]1c1ccc(Cl)c(F)c1)C(=O)O. The molecule has 1 fully saturated rings. The molecule has 1 amide bonds. The largest absolute Gasteiger partial charge is 0.481 e. The number of carbonyl (C=O) groups excluding carboxylic acids is 1. The van der Waals surface area contributed by atoms with Crippen LogP contribution in [0.3, 0.4) is 0 Å². The third kappa shape index (κ3) is 4.12. The van der Waals surface area contributed by atoms with Gasteiger partial charge in [-0.05, 0) is 37.0 Å². The minimum atomic E-state index is -0.975. The van der Waals surface area contributed by atoms with E-state index < -0.39 is 29.2 Å². The van der Waals surface area contributed by atoms with E-state index in [4.69, 9.17) is 16.3 Å². The molecule has 1 aromatic rings. The molecule has 0 unspecified atom stereocenters. The van der Waals surface area contributed by atoms with Gasteiger partial charge in [0.05, 0.1) is 22.5 Å². The fourth-order valence-electron chi connectivity index (χ4n) is 3.14. The number of carbonyl (C=O) groups is 2. The molecule has 0 saturated carbocycles. The van der Waals surface area contributed by atoms with Gasteiger partial charge in [0.2, 0.25) is 5.91 Å². The van der Waals surface area contributed by atoms with E-state index in [1.807, 2.05) is 0 Å². The number of aliphatic carboxylic acids is 1. The molecule has 1 aliphatic rings. The number of hydrogen-bond donors (Lipinski definition) is 2. The number of ether oxygens (including phenoxy) is 1. The van der Waals surface area contributed by atoms with E-state index >= 15 is 0 Å². The van der Waals surface area contributed by atoms with Gasteiger partial charge in [0.15, 0.2) is 0 Å². The molecule has 1 saturated heterocycles. The lowest BCUT2D eigenvalue weighted by Gasteiger charge is -2.28. The summed E-state index contributed by atoms with van der Waals surface area (Å²) in [5, 5.41) is 12.2. The van der Waals surface area contributed by atoms with Crippen molar-refractivity contribution in [3.05, 3.63) is 34.6 Å². The Kier molecular flexibility index (Phi) is 6.41. The van der Waals surface area contributed by atoms with E-state index in [1.165, 1.54) is 12.1 Å². The Morgan fingerprint density at radius 3 is 2.64 bits per heavy atom. The predicted molar refractivity (Wildman–Crippen MR) is 91.9 cm³/mol. The van der Waals surface area contributed by atoms with Crippen molar-refractivity contribution in [1.82, 2.24) is 5.32 Å². The van der Waals surface area contributed by atoms with Crippen LogP contribution in [0.2, 0.25) is 5.02 Å². The highest BCUT2D eigenvalue weighted by Gasteiger charge is 2.39. The van der Waals surface area contributed by atoms with Crippen molar-refractivity contribution in [2.75, 3.05) is 13.2 Å². The fourth-order valence-corrected chi connectivity index (χ4v) is 3.26. The minimum Gasteiger partial charge on any atom is -0.481 e. The summed E-state index contributed by atoms with van der Waals surface area (Å²) in [5.74, 6) is -2.24. The first-order valence-corrected chi connectivity index (χ1v) is 8.80. The van der Waals surface area contributed by atoms with Crippen molar-refractivity contribution in [2.45, 2.75) is 39.2 Å². The Bertz CT molecular complexity index is 648. The summed E-state index contributed by atoms with van der Waals surface area (Å²) >= 11 is 5.70. The van der Waals surface area contributed by atoms with Crippen LogP contribution >= 0.6 is 11.6 Å². The number of rotatable bonds is 7. The zero-order chi connectivity index (χ0) is 18.6. The number of amides is 1. The summed E-state index contributed by atoms with van der Waals surface area (Å²) in [6.45, 7) is 4.04. The molecular weight excluding hydrogens is 349 g/mol. The highest BCUT2D eigenvalue weighted by atomic mass is 35.5. The molecule has 1 aromatic carbocycles. The van der Waals surface area contributed by atoms with Gasteiger partial charge in [-0.1, -0.05) is 31.5 Å². The molecule has 0 bridgehead atoms. The Morgan fingerprint density at radius 2 is 2.08 bits per heavy atom. The van der Waals surface area contributed by atoms with E-state index in [9.17, 15) is 19.1 Å². The first-order chi connectivity index (χ1) is 11.8. The number of carboxylic acid groups (broad SMARTS) is 1. The number of carboxylic acids is 1. The van der Waals surface area contributed by atoms with Gasteiger partial charge in [-0.15, -0.1) is 0 Å². The number of nitrogens with one attached hydrogen (secondary N) is 1. The molecule has 0 radical (unpaired) electrons. The maximum Gasteiger partial charge on any atom is 0.311 e. The average molecular weight is 372 g/mol. The Labute approximate surface area is 151 Å². The van der Waals surface area contributed by atoms with Gasteiger partial charge in [0, 0.05) is 13.2 Å². The van der Waals surface area contributed by atoms with Crippen LogP contribution in [0.25, 0.3) is 0 Å². The lowest BCUT2D eigenvalue weighted by Crippen LogP contribution is -2.44. The van der Waals surface area contributed by atoms with Gasteiger partial charge in [-0.2, -0.15) is 0 Å². The van der Waals surface area contributed by atoms with Crippen molar-refractivity contribution in [2.24, 2.45) is 11.3 Å². The predicted octanol–water partition coefficient (Wildman–Crippen LogP) is 3.56. The maximum absolute atomic E-state index is 13.7. The van der Waals surface area contributed by atoms with Crippen molar-refractivity contribution in [3.8, 4) is 0 Å². The zero-order valence-corrected chi connectivity index (χ0v) is 15.1. The van der Waals surface area contributed by atoms with Crippen molar-refractivity contribution < 1.29 is 23.8 Å². The third-order valence-corrected chi connectivity index (χ3v) is 5.42. The molecule has 2 atom stereocenters. The normalized spacial score (nSPS) is 20.5. The van der Waals surface area contributed by atoms with Crippen LogP contribution in [0.5, 0.6) is 0 Å². The second-order valence-electron chi connectivity index (χ2n) is 6.37. The summed E-state index contributed by atoms with van der Waals surface area (Å²) < 4.78 is 19.3. The van der Waals surface area contributed by atoms with Gasteiger partial charge in [-0.25, -0.2) is 4.39 Å². The molecule has 5 nitrogen and oxygen atoms in total. The summed E-state index contributed by atoms with van der Waals surface area (Å²) in [6, 6.07) is 4.35. The van der Waals surface area contributed by atoms with Gasteiger partial charge < -0.3 is 15.2 Å². The van der Waals surface area contributed by atoms with Crippen LogP contribution in [-0.4, -0.2) is 30.1 Å². The zero-order valence-electron chi connectivity index (χ0n) is 14.4. The monoisotopic (exact) mass is 371 g/mol.